The third-order valence-corrected chi connectivity index (χ3v) is 6.61. The molecule has 1 aliphatic rings. The summed E-state index contributed by atoms with van der Waals surface area (Å²) in [5.41, 5.74) is 0.120. The number of halogens is 2. The Morgan fingerprint density at radius 3 is 2.55 bits per heavy atom. The summed E-state index contributed by atoms with van der Waals surface area (Å²) in [4.78, 5) is 0.145. The van der Waals surface area contributed by atoms with E-state index in [0.717, 1.165) is 23.7 Å². The quantitative estimate of drug-likeness (QED) is 0.825. The van der Waals surface area contributed by atoms with E-state index in [0.29, 0.717) is 6.54 Å². The summed E-state index contributed by atoms with van der Waals surface area (Å²) in [6.45, 7) is 2.63. The van der Waals surface area contributed by atoms with Crippen LogP contribution in [0.3, 0.4) is 0 Å². The minimum atomic E-state index is -3.55. The Hall–Kier alpha value is -0.100. The Morgan fingerprint density at radius 1 is 1.35 bits per heavy atom. The van der Waals surface area contributed by atoms with Crippen LogP contribution in [-0.2, 0) is 10.0 Å². The third-order valence-electron chi connectivity index (χ3n) is 4.23. The van der Waals surface area contributed by atoms with Gasteiger partial charge in [-0.1, -0.05) is 47.3 Å². The summed E-state index contributed by atoms with van der Waals surface area (Å²) in [5, 5.41) is 0.240. The molecule has 1 N–H and O–H groups in total. The molecule has 0 unspecified atom stereocenters. The average molecular weight is 381 g/mol. The summed E-state index contributed by atoms with van der Waals surface area (Å²) < 4.78 is 28.2. The Bertz CT molecular complexity index is 583. The van der Waals surface area contributed by atoms with Gasteiger partial charge in [0.05, 0.1) is 5.02 Å². The molecule has 20 heavy (non-hydrogen) atoms. The summed E-state index contributed by atoms with van der Waals surface area (Å²) in [6.07, 6.45) is 5.58. The van der Waals surface area contributed by atoms with Gasteiger partial charge >= 0.3 is 0 Å². The highest BCUT2D eigenvalue weighted by molar-refractivity contribution is 9.10. The van der Waals surface area contributed by atoms with Gasteiger partial charge in [-0.15, -0.1) is 0 Å². The molecule has 0 amide bonds. The lowest BCUT2D eigenvalue weighted by atomic mass is 9.84. The highest BCUT2D eigenvalue weighted by Crippen LogP contribution is 2.40. The lowest BCUT2D eigenvalue weighted by molar-refractivity contribution is 0.285. The summed E-state index contributed by atoms with van der Waals surface area (Å²) in [7, 11) is -3.55. The van der Waals surface area contributed by atoms with Gasteiger partial charge in [0, 0.05) is 11.0 Å². The van der Waals surface area contributed by atoms with E-state index in [1.165, 1.54) is 18.9 Å². The van der Waals surface area contributed by atoms with Crippen molar-refractivity contribution in [1.29, 1.82) is 0 Å². The van der Waals surface area contributed by atoms with E-state index in [2.05, 4.69) is 27.6 Å². The van der Waals surface area contributed by atoms with Crippen molar-refractivity contribution >= 4 is 37.6 Å². The number of sulfonamides is 1. The molecular weight excluding hydrogens is 362 g/mol. The summed E-state index contributed by atoms with van der Waals surface area (Å²) in [6, 6.07) is 4.81. The van der Waals surface area contributed by atoms with Crippen molar-refractivity contribution in [2.45, 2.75) is 43.9 Å². The standard InChI is InChI=1S/C14H19BrClNO2S/c1-2-14(7-3-4-8-14)10-17-20(18,19)13-6-5-11(15)9-12(13)16/h5-6,9,17H,2-4,7-8,10H2,1H3. The minimum absolute atomic E-state index is 0.120. The molecule has 0 aliphatic heterocycles. The Balaban J connectivity index is 2.15. The van der Waals surface area contributed by atoms with Crippen molar-refractivity contribution in [2.24, 2.45) is 5.41 Å². The van der Waals surface area contributed by atoms with Gasteiger partial charge in [0.25, 0.3) is 0 Å². The molecule has 1 fully saturated rings. The van der Waals surface area contributed by atoms with Crippen molar-refractivity contribution in [3.05, 3.63) is 27.7 Å². The number of hydrogen-bond donors (Lipinski definition) is 1. The van der Waals surface area contributed by atoms with Gasteiger partial charge in [-0.2, -0.15) is 0 Å². The predicted octanol–water partition coefficient (Wildman–Crippen LogP) is 4.35. The zero-order valence-electron chi connectivity index (χ0n) is 11.5. The fourth-order valence-corrected chi connectivity index (χ4v) is 4.99. The van der Waals surface area contributed by atoms with Gasteiger partial charge in [0.1, 0.15) is 4.90 Å². The molecule has 0 spiro atoms. The molecule has 0 atom stereocenters. The van der Waals surface area contributed by atoms with Crippen LogP contribution < -0.4 is 4.72 Å². The Morgan fingerprint density at radius 2 is 2.00 bits per heavy atom. The zero-order valence-corrected chi connectivity index (χ0v) is 14.6. The molecule has 6 heteroatoms. The van der Waals surface area contributed by atoms with Crippen LogP contribution >= 0.6 is 27.5 Å². The number of benzene rings is 1. The van der Waals surface area contributed by atoms with E-state index in [1.807, 2.05) is 0 Å². The molecule has 1 aliphatic carbocycles. The van der Waals surface area contributed by atoms with Crippen LogP contribution in [0.4, 0.5) is 0 Å². The SMILES string of the molecule is CCC1(CNS(=O)(=O)c2ccc(Br)cc2Cl)CCCC1. The fraction of sp³-hybridized carbons (Fsp3) is 0.571. The molecule has 0 bridgehead atoms. The second-order valence-corrected chi connectivity index (χ2v) is 8.52. The molecule has 0 aromatic heterocycles. The average Bonchev–Trinajstić information content (AvgIpc) is 2.85. The molecule has 112 valence electrons. The smallest absolute Gasteiger partial charge is 0.211 e. The molecule has 0 radical (unpaired) electrons. The van der Waals surface area contributed by atoms with Crippen LogP contribution in [0.15, 0.2) is 27.6 Å². The first-order valence-corrected chi connectivity index (χ1v) is 9.49. The van der Waals surface area contributed by atoms with Crippen LogP contribution in [0, 0.1) is 5.41 Å². The van der Waals surface area contributed by atoms with E-state index >= 15 is 0 Å². The highest BCUT2D eigenvalue weighted by Gasteiger charge is 2.33. The minimum Gasteiger partial charge on any atom is -0.211 e. The maximum atomic E-state index is 12.4. The van der Waals surface area contributed by atoms with E-state index < -0.39 is 10.0 Å². The van der Waals surface area contributed by atoms with Gasteiger partial charge in [0.2, 0.25) is 10.0 Å². The first-order valence-electron chi connectivity index (χ1n) is 6.83. The second kappa shape index (κ2) is 6.34. The van der Waals surface area contributed by atoms with Gasteiger partial charge in [0.15, 0.2) is 0 Å². The van der Waals surface area contributed by atoms with Crippen molar-refractivity contribution in [3.63, 3.8) is 0 Å². The van der Waals surface area contributed by atoms with Crippen LogP contribution in [0.5, 0.6) is 0 Å². The zero-order chi connectivity index (χ0) is 14.8. The number of rotatable bonds is 5. The predicted molar refractivity (Wildman–Crippen MR) is 85.5 cm³/mol. The van der Waals surface area contributed by atoms with Gasteiger partial charge in [-0.3, -0.25) is 0 Å². The fourth-order valence-electron chi connectivity index (χ4n) is 2.80. The number of hydrogen-bond acceptors (Lipinski definition) is 2. The topological polar surface area (TPSA) is 46.2 Å². The van der Waals surface area contributed by atoms with Crippen molar-refractivity contribution < 1.29 is 8.42 Å². The van der Waals surface area contributed by atoms with Crippen molar-refractivity contribution in [1.82, 2.24) is 4.72 Å². The van der Waals surface area contributed by atoms with Crippen LogP contribution in [0.2, 0.25) is 5.02 Å². The van der Waals surface area contributed by atoms with Gasteiger partial charge < -0.3 is 0 Å². The summed E-state index contributed by atoms with van der Waals surface area (Å²) in [5.74, 6) is 0. The van der Waals surface area contributed by atoms with Crippen LogP contribution in [-0.4, -0.2) is 15.0 Å². The van der Waals surface area contributed by atoms with Gasteiger partial charge in [-0.25, -0.2) is 13.1 Å². The normalized spacial score (nSPS) is 18.4. The molecule has 1 aromatic rings. The molecule has 0 heterocycles. The van der Waals surface area contributed by atoms with Crippen molar-refractivity contribution in [2.75, 3.05) is 6.54 Å². The van der Waals surface area contributed by atoms with E-state index in [-0.39, 0.29) is 15.3 Å². The molecule has 0 saturated heterocycles. The molecule has 1 aromatic carbocycles. The molecule has 3 nitrogen and oxygen atoms in total. The monoisotopic (exact) mass is 379 g/mol. The maximum absolute atomic E-state index is 12.4. The molecule has 1 saturated carbocycles. The summed E-state index contributed by atoms with van der Waals surface area (Å²) >= 11 is 9.30. The largest absolute Gasteiger partial charge is 0.242 e. The van der Waals surface area contributed by atoms with Crippen LogP contribution in [0.25, 0.3) is 0 Å². The van der Waals surface area contributed by atoms with E-state index in [1.54, 1.807) is 12.1 Å². The van der Waals surface area contributed by atoms with Crippen molar-refractivity contribution in [3.8, 4) is 0 Å². The first-order chi connectivity index (χ1) is 9.38. The molecule has 2 rings (SSSR count). The highest BCUT2D eigenvalue weighted by atomic mass is 79.9. The Kier molecular flexibility index (Phi) is 5.16. The lowest BCUT2D eigenvalue weighted by Gasteiger charge is -2.27. The number of nitrogens with one attached hydrogen (secondary N) is 1. The van der Waals surface area contributed by atoms with Crippen LogP contribution in [0.1, 0.15) is 39.0 Å². The van der Waals surface area contributed by atoms with E-state index in [4.69, 9.17) is 11.6 Å². The molecular formula is C14H19BrClNO2S. The lowest BCUT2D eigenvalue weighted by Crippen LogP contribution is -2.35. The first kappa shape index (κ1) is 16.3. The third kappa shape index (κ3) is 3.56. The van der Waals surface area contributed by atoms with E-state index in [9.17, 15) is 8.42 Å². The Labute approximate surface area is 134 Å². The maximum Gasteiger partial charge on any atom is 0.242 e. The second-order valence-electron chi connectivity index (χ2n) is 5.46. The van der Waals surface area contributed by atoms with Gasteiger partial charge in [-0.05, 0) is 42.9 Å².